The summed E-state index contributed by atoms with van der Waals surface area (Å²) in [7, 11) is -1.76. The maximum absolute atomic E-state index is 11.2. The van der Waals surface area contributed by atoms with E-state index in [2.05, 4.69) is 39.2 Å². The number of rotatable bonds is 3. The molecule has 1 saturated heterocycles. The van der Waals surface area contributed by atoms with Crippen molar-refractivity contribution in [1.29, 1.82) is 0 Å². The van der Waals surface area contributed by atoms with Gasteiger partial charge in [0, 0.05) is 0 Å². The number of ether oxygens (including phenoxy) is 1. The molecule has 0 aliphatic carbocycles. The molecule has 1 aliphatic heterocycles. The molecule has 1 N–H and O–H groups in total. The van der Waals surface area contributed by atoms with E-state index in [-0.39, 0.29) is 17.2 Å². The molecule has 1 heterocycles. The highest BCUT2D eigenvalue weighted by Crippen LogP contribution is 2.37. The summed E-state index contributed by atoms with van der Waals surface area (Å²) in [6.45, 7) is 15.4. The third-order valence-corrected chi connectivity index (χ3v) is 8.40. The highest BCUT2D eigenvalue weighted by molar-refractivity contribution is 6.74. The molecule has 1 aliphatic rings. The zero-order valence-electron chi connectivity index (χ0n) is 12.0. The first-order valence-corrected chi connectivity index (χ1v) is 9.00. The molecule has 0 unspecified atom stereocenters. The lowest BCUT2D eigenvalue weighted by Gasteiger charge is -2.37. The van der Waals surface area contributed by atoms with Crippen molar-refractivity contribution in [2.45, 2.75) is 64.4 Å². The zero-order chi connectivity index (χ0) is 13.5. The van der Waals surface area contributed by atoms with E-state index in [4.69, 9.17) is 9.16 Å². The van der Waals surface area contributed by atoms with Gasteiger partial charge in [0.1, 0.15) is 5.60 Å². The molecule has 4 nitrogen and oxygen atoms in total. The number of carbonyl (C=O) groups excluding carboxylic acids is 1. The monoisotopic (exact) mass is 259 g/mol. The Kier molecular flexibility index (Phi) is 3.65. The molecule has 0 spiro atoms. The lowest BCUT2D eigenvalue weighted by atomic mass is 10.0. The van der Waals surface area contributed by atoms with Crippen molar-refractivity contribution in [1.82, 2.24) is 5.32 Å². The summed E-state index contributed by atoms with van der Waals surface area (Å²) in [4.78, 5) is 11.2. The van der Waals surface area contributed by atoms with E-state index in [1.54, 1.807) is 0 Å². The molecule has 0 aromatic rings. The van der Waals surface area contributed by atoms with Gasteiger partial charge in [0.25, 0.3) is 0 Å². The maximum Gasteiger partial charge on any atom is 0.408 e. The van der Waals surface area contributed by atoms with Crippen molar-refractivity contribution in [2.24, 2.45) is 0 Å². The van der Waals surface area contributed by atoms with Crippen molar-refractivity contribution < 1.29 is 14.0 Å². The topological polar surface area (TPSA) is 47.6 Å². The van der Waals surface area contributed by atoms with Gasteiger partial charge in [0.2, 0.25) is 0 Å². The van der Waals surface area contributed by atoms with Gasteiger partial charge in [-0.25, -0.2) is 4.79 Å². The molecule has 1 atom stereocenters. The fourth-order valence-electron chi connectivity index (χ4n) is 1.41. The molecule has 0 radical (unpaired) electrons. The van der Waals surface area contributed by atoms with Crippen molar-refractivity contribution in [3.63, 3.8) is 0 Å². The Morgan fingerprint density at radius 2 is 1.94 bits per heavy atom. The van der Waals surface area contributed by atoms with Crippen LogP contribution in [-0.4, -0.2) is 32.7 Å². The number of alkyl carbamates (subject to hydrolysis) is 1. The predicted octanol–water partition coefficient (Wildman–Crippen LogP) is 2.90. The molecule has 100 valence electrons. The maximum atomic E-state index is 11.2. The fourth-order valence-corrected chi connectivity index (χ4v) is 2.42. The van der Waals surface area contributed by atoms with E-state index in [1.165, 1.54) is 0 Å². The molecule has 0 saturated carbocycles. The van der Waals surface area contributed by atoms with Gasteiger partial charge in [-0.15, -0.1) is 0 Å². The standard InChI is InChI=1S/C12H25NO3Si/c1-11(2,3)17(6,7)15-8-9-12(4,5)16-10(14)13-9/h9H,8H2,1-7H3,(H,13,14)/t9-/m0/s1. The van der Waals surface area contributed by atoms with E-state index in [0.717, 1.165) is 0 Å². The number of hydrogen-bond acceptors (Lipinski definition) is 3. The molecular weight excluding hydrogens is 234 g/mol. The fraction of sp³-hybridized carbons (Fsp3) is 0.917. The summed E-state index contributed by atoms with van der Waals surface area (Å²) < 4.78 is 11.3. The first-order chi connectivity index (χ1) is 7.46. The van der Waals surface area contributed by atoms with Crippen molar-refractivity contribution in [2.75, 3.05) is 6.61 Å². The smallest absolute Gasteiger partial charge is 0.408 e. The number of nitrogens with one attached hydrogen (secondary N) is 1. The minimum absolute atomic E-state index is 0.0656. The largest absolute Gasteiger partial charge is 0.441 e. The van der Waals surface area contributed by atoms with Gasteiger partial charge in [-0.2, -0.15) is 0 Å². The molecule has 1 amide bonds. The second kappa shape index (κ2) is 4.28. The Balaban J connectivity index is 2.60. The first-order valence-electron chi connectivity index (χ1n) is 6.09. The Morgan fingerprint density at radius 1 is 1.41 bits per heavy atom. The van der Waals surface area contributed by atoms with E-state index >= 15 is 0 Å². The van der Waals surface area contributed by atoms with Gasteiger partial charge < -0.3 is 14.5 Å². The Labute approximate surface area is 105 Å². The molecule has 0 bridgehead atoms. The van der Waals surface area contributed by atoms with Crippen LogP contribution < -0.4 is 5.32 Å². The Morgan fingerprint density at radius 3 is 2.29 bits per heavy atom. The minimum atomic E-state index is -1.76. The Hall–Kier alpha value is -0.553. The van der Waals surface area contributed by atoms with Gasteiger partial charge in [0.05, 0.1) is 12.6 Å². The lowest BCUT2D eigenvalue weighted by Crippen LogP contribution is -2.48. The quantitative estimate of drug-likeness (QED) is 0.793. The molecule has 1 rings (SSSR count). The van der Waals surface area contributed by atoms with E-state index in [9.17, 15) is 4.79 Å². The van der Waals surface area contributed by atoms with Gasteiger partial charge in [-0.3, -0.25) is 0 Å². The Bertz CT molecular complexity index is 307. The van der Waals surface area contributed by atoms with E-state index < -0.39 is 13.9 Å². The molecule has 5 heteroatoms. The molecule has 1 fully saturated rings. The third kappa shape index (κ3) is 3.22. The zero-order valence-corrected chi connectivity index (χ0v) is 13.0. The van der Waals surface area contributed by atoms with Gasteiger partial charge >= 0.3 is 6.09 Å². The predicted molar refractivity (Wildman–Crippen MR) is 70.6 cm³/mol. The summed E-state index contributed by atoms with van der Waals surface area (Å²) in [6.07, 6.45) is -0.348. The van der Waals surface area contributed by atoms with Crippen LogP contribution in [0.2, 0.25) is 18.1 Å². The van der Waals surface area contributed by atoms with Crippen LogP contribution in [0.5, 0.6) is 0 Å². The number of amides is 1. The van der Waals surface area contributed by atoms with E-state index in [1.807, 2.05) is 13.8 Å². The summed E-state index contributed by atoms with van der Waals surface area (Å²) >= 11 is 0. The minimum Gasteiger partial charge on any atom is -0.441 e. The van der Waals surface area contributed by atoms with Crippen LogP contribution in [0.25, 0.3) is 0 Å². The number of carbonyl (C=O) groups is 1. The first kappa shape index (κ1) is 14.5. The lowest BCUT2D eigenvalue weighted by molar-refractivity contribution is 0.0551. The number of hydrogen-bond donors (Lipinski definition) is 1. The molecule has 0 aromatic heterocycles. The average Bonchev–Trinajstić information content (AvgIpc) is 2.33. The molecular formula is C12H25NO3Si. The van der Waals surface area contributed by atoms with Crippen LogP contribution in [0.15, 0.2) is 0 Å². The third-order valence-electron chi connectivity index (χ3n) is 3.90. The van der Waals surface area contributed by atoms with Gasteiger partial charge in [-0.1, -0.05) is 20.8 Å². The average molecular weight is 259 g/mol. The van der Waals surface area contributed by atoms with Crippen LogP contribution in [0.4, 0.5) is 4.79 Å². The summed E-state index contributed by atoms with van der Waals surface area (Å²) in [5.74, 6) is 0. The van der Waals surface area contributed by atoms with Crippen LogP contribution in [0.3, 0.4) is 0 Å². The van der Waals surface area contributed by atoms with Crippen molar-refractivity contribution >= 4 is 14.4 Å². The summed E-state index contributed by atoms with van der Waals surface area (Å²) in [6, 6.07) is -0.0656. The number of cyclic esters (lactones) is 1. The second-order valence-corrected chi connectivity index (χ2v) is 11.6. The summed E-state index contributed by atoms with van der Waals surface area (Å²) in [5, 5.41) is 2.99. The summed E-state index contributed by atoms with van der Waals surface area (Å²) in [5.41, 5.74) is -0.487. The van der Waals surface area contributed by atoms with Crippen molar-refractivity contribution in [3.05, 3.63) is 0 Å². The molecule has 0 aromatic carbocycles. The second-order valence-electron chi connectivity index (χ2n) is 6.76. The van der Waals surface area contributed by atoms with Crippen LogP contribution in [0.1, 0.15) is 34.6 Å². The van der Waals surface area contributed by atoms with Crippen LogP contribution in [0, 0.1) is 0 Å². The SMILES string of the molecule is CC1(C)OC(=O)N[C@H]1CO[Si](C)(C)C(C)(C)C. The van der Waals surface area contributed by atoms with Crippen molar-refractivity contribution in [3.8, 4) is 0 Å². The van der Waals surface area contributed by atoms with E-state index in [0.29, 0.717) is 6.61 Å². The highest BCUT2D eigenvalue weighted by atomic mass is 28.4. The van der Waals surface area contributed by atoms with Gasteiger partial charge in [0.15, 0.2) is 8.32 Å². The van der Waals surface area contributed by atoms with Crippen LogP contribution >= 0.6 is 0 Å². The van der Waals surface area contributed by atoms with Gasteiger partial charge in [-0.05, 0) is 32.0 Å². The van der Waals surface area contributed by atoms with Crippen LogP contribution in [-0.2, 0) is 9.16 Å². The normalized spacial score (nSPS) is 24.4. The molecule has 17 heavy (non-hydrogen) atoms. The highest BCUT2D eigenvalue weighted by Gasteiger charge is 2.44.